The largest absolute Gasteiger partial charge is 0.338 e. The third kappa shape index (κ3) is 3.97. The minimum atomic E-state index is -0.386. The Morgan fingerprint density at radius 3 is 2.67 bits per heavy atom. The van der Waals surface area contributed by atoms with Crippen molar-refractivity contribution in [3.8, 4) is 0 Å². The number of rotatable bonds is 4. The van der Waals surface area contributed by atoms with Crippen molar-refractivity contribution < 1.29 is 9.18 Å². The van der Waals surface area contributed by atoms with E-state index in [1.54, 1.807) is 42.5 Å². The van der Waals surface area contributed by atoms with Gasteiger partial charge < -0.3 is 10.6 Å². The fourth-order valence-corrected chi connectivity index (χ4v) is 2.51. The first kappa shape index (κ1) is 16.1. The van der Waals surface area contributed by atoms with Gasteiger partial charge in [0.05, 0.1) is 5.69 Å². The lowest BCUT2D eigenvalue weighted by atomic mass is 10.2. The predicted molar refractivity (Wildman–Crippen MR) is 96.0 cm³/mol. The van der Waals surface area contributed by atoms with Crippen LogP contribution in [0.15, 0.2) is 71.3 Å². The Hall–Kier alpha value is -2.73. The summed E-state index contributed by atoms with van der Waals surface area (Å²) in [5, 5.41) is 5.67. The summed E-state index contributed by atoms with van der Waals surface area (Å²) in [4.78, 5) is 16.5. The van der Waals surface area contributed by atoms with Crippen molar-refractivity contribution in [3.63, 3.8) is 0 Å². The number of anilines is 3. The Kier molecular flexibility index (Phi) is 4.86. The zero-order valence-electron chi connectivity index (χ0n) is 12.5. The highest BCUT2D eigenvalue weighted by Crippen LogP contribution is 2.20. The Morgan fingerprint density at radius 2 is 1.88 bits per heavy atom. The summed E-state index contributed by atoms with van der Waals surface area (Å²) >= 11 is 3.36. The summed E-state index contributed by atoms with van der Waals surface area (Å²) in [6, 6.07) is 16.7. The molecule has 1 aromatic heterocycles. The number of nitrogens with one attached hydrogen (secondary N) is 2. The van der Waals surface area contributed by atoms with Crippen LogP contribution < -0.4 is 10.6 Å². The molecule has 0 aliphatic carbocycles. The van der Waals surface area contributed by atoms with Crippen LogP contribution in [0.25, 0.3) is 0 Å². The second-order valence-electron chi connectivity index (χ2n) is 5.00. The summed E-state index contributed by atoms with van der Waals surface area (Å²) in [6.07, 6.45) is 1.50. The molecular weight excluding hydrogens is 373 g/mol. The molecule has 24 heavy (non-hydrogen) atoms. The lowest BCUT2D eigenvalue weighted by Gasteiger charge is -2.09. The zero-order valence-corrected chi connectivity index (χ0v) is 14.0. The van der Waals surface area contributed by atoms with Crippen LogP contribution in [0.3, 0.4) is 0 Å². The van der Waals surface area contributed by atoms with E-state index in [2.05, 4.69) is 31.5 Å². The maximum Gasteiger partial charge on any atom is 0.255 e. The molecule has 0 aliphatic rings. The molecule has 3 aromatic rings. The second kappa shape index (κ2) is 7.23. The van der Waals surface area contributed by atoms with Crippen molar-refractivity contribution in [2.24, 2.45) is 0 Å². The summed E-state index contributed by atoms with van der Waals surface area (Å²) in [7, 11) is 0. The van der Waals surface area contributed by atoms with E-state index in [1.165, 1.54) is 12.3 Å². The van der Waals surface area contributed by atoms with E-state index in [-0.39, 0.29) is 11.7 Å². The van der Waals surface area contributed by atoms with Gasteiger partial charge in [0.25, 0.3) is 5.91 Å². The average molecular weight is 386 g/mol. The number of hydrogen-bond acceptors (Lipinski definition) is 3. The van der Waals surface area contributed by atoms with E-state index in [4.69, 9.17) is 0 Å². The molecule has 3 rings (SSSR count). The molecule has 0 radical (unpaired) electrons. The molecule has 4 nitrogen and oxygen atoms in total. The summed E-state index contributed by atoms with van der Waals surface area (Å²) < 4.78 is 14.6. The molecule has 2 N–H and O–H groups in total. The van der Waals surface area contributed by atoms with E-state index in [0.717, 1.165) is 4.47 Å². The number of aromatic nitrogens is 1. The Labute approximate surface area is 146 Å². The van der Waals surface area contributed by atoms with Gasteiger partial charge in [-0.2, -0.15) is 0 Å². The highest BCUT2D eigenvalue weighted by Gasteiger charge is 2.09. The summed E-state index contributed by atoms with van der Waals surface area (Å²) in [5.74, 6) is -0.266. The predicted octanol–water partition coefficient (Wildman–Crippen LogP) is 4.98. The third-order valence-corrected chi connectivity index (χ3v) is 3.73. The number of para-hydroxylation sites is 1. The monoisotopic (exact) mass is 385 g/mol. The maximum absolute atomic E-state index is 13.7. The lowest BCUT2D eigenvalue weighted by molar-refractivity contribution is 0.102. The number of halogens is 2. The third-order valence-electron chi connectivity index (χ3n) is 3.24. The van der Waals surface area contributed by atoms with Crippen LogP contribution in [0.2, 0.25) is 0 Å². The van der Waals surface area contributed by atoms with Gasteiger partial charge in [-0.15, -0.1) is 0 Å². The van der Waals surface area contributed by atoms with Gasteiger partial charge in [-0.25, -0.2) is 9.37 Å². The lowest BCUT2D eigenvalue weighted by Crippen LogP contribution is -2.12. The van der Waals surface area contributed by atoms with E-state index < -0.39 is 0 Å². The van der Waals surface area contributed by atoms with E-state index in [9.17, 15) is 9.18 Å². The normalized spacial score (nSPS) is 10.2. The molecule has 6 heteroatoms. The van der Waals surface area contributed by atoms with Gasteiger partial charge >= 0.3 is 0 Å². The summed E-state index contributed by atoms with van der Waals surface area (Å²) in [5.41, 5.74) is 1.40. The molecule has 0 saturated carbocycles. The molecule has 2 aromatic carbocycles. The average Bonchev–Trinajstić information content (AvgIpc) is 2.57. The fourth-order valence-electron chi connectivity index (χ4n) is 2.11. The van der Waals surface area contributed by atoms with Crippen molar-refractivity contribution in [3.05, 3.63) is 82.7 Å². The van der Waals surface area contributed by atoms with Gasteiger partial charge in [0.2, 0.25) is 0 Å². The van der Waals surface area contributed by atoms with Crippen molar-refractivity contribution in [1.29, 1.82) is 0 Å². The van der Waals surface area contributed by atoms with Gasteiger partial charge in [-0.05, 0) is 42.5 Å². The molecule has 1 heterocycles. The fraction of sp³-hybridized carbons (Fsp3) is 0. The van der Waals surface area contributed by atoms with Crippen LogP contribution in [0.1, 0.15) is 10.4 Å². The van der Waals surface area contributed by atoms with Crippen LogP contribution in [0.5, 0.6) is 0 Å². The minimum absolute atomic E-state index is 0.271. The Balaban J connectivity index is 1.77. The van der Waals surface area contributed by atoms with Crippen molar-refractivity contribution in [2.75, 3.05) is 10.6 Å². The Bertz CT molecular complexity index is 885. The quantitative estimate of drug-likeness (QED) is 0.665. The maximum atomic E-state index is 13.7. The first-order valence-corrected chi connectivity index (χ1v) is 7.95. The number of nitrogens with zero attached hydrogens (tertiary/aromatic N) is 1. The van der Waals surface area contributed by atoms with Crippen LogP contribution in [-0.2, 0) is 0 Å². The molecule has 0 fully saturated rings. The van der Waals surface area contributed by atoms with E-state index >= 15 is 0 Å². The van der Waals surface area contributed by atoms with Crippen molar-refractivity contribution in [1.82, 2.24) is 4.98 Å². The standard InChI is InChI=1S/C18H13BrFN3O/c19-13-4-3-5-14(11-13)22-18(24)12-8-9-21-17(10-12)23-16-7-2-1-6-15(16)20/h1-11H,(H,21,23)(H,22,24). The first-order chi connectivity index (χ1) is 11.6. The van der Waals surface area contributed by atoms with Gasteiger partial charge in [-0.3, -0.25) is 4.79 Å². The van der Waals surface area contributed by atoms with Crippen LogP contribution in [-0.4, -0.2) is 10.9 Å². The SMILES string of the molecule is O=C(Nc1cccc(Br)c1)c1ccnc(Nc2ccccc2F)c1. The minimum Gasteiger partial charge on any atom is -0.338 e. The first-order valence-electron chi connectivity index (χ1n) is 7.16. The number of pyridine rings is 1. The molecule has 0 atom stereocenters. The summed E-state index contributed by atoms with van der Waals surface area (Å²) in [6.45, 7) is 0. The highest BCUT2D eigenvalue weighted by atomic mass is 79.9. The smallest absolute Gasteiger partial charge is 0.255 e. The van der Waals surface area contributed by atoms with Crippen LogP contribution in [0.4, 0.5) is 21.6 Å². The van der Waals surface area contributed by atoms with Crippen LogP contribution in [0, 0.1) is 5.82 Å². The van der Waals surface area contributed by atoms with Crippen molar-refractivity contribution >= 4 is 39.0 Å². The zero-order chi connectivity index (χ0) is 16.9. The molecule has 0 unspecified atom stereocenters. The van der Waals surface area contributed by atoms with Crippen molar-refractivity contribution in [2.45, 2.75) is 0 Å². The molecule has 120 valence electrons. The molecule has 1 amide bonds. The number of carbonyl (C=O) groups is 1. The van der Waals surface area contributed by atoms with Crippen LogP contribution >= 0.6 is 15.9 Å². The van der Waals surface area contributed by atoms with Gasteiger partial charge in [0.15, 0.2) is 0 Å². The number of amides is 1. The number of benzene rings is 2. The van der Waals surface area contributed by atoms with Gasteiger partial charge in [0.1, 0.15) is 11.6 Å². The second-order valence-corrected chi connectivity index (χ2v) is 5.91. The van der Waals surface area contributed by atoms with Gasteiger partial charge in [-0.1, -0.05) is 34.1 Å². The highest BCUT2D eigenvalue weighted by molar-refractivity contribution is 9.10. The molecule has 0 saturated heterocycles. The number of hydrogen-bond donors (Lipinski definition) is 2. The molecule has 0 aliphatic heterocycles. The van der Waals surface area contributed by atoms with E-state index in [1.807, 2.05) is 12.1 Å². The number of carbonyl (C=O) groups excluding carboxylic acids is 1. The Morgan fingerprint density at radius 1 is 1.04 bits per heavy atom. The topological polar surface area (TPSA) is 54.0 Å². The van der Waals surface area contributed by atoms with Gasteiger partial charge in [0, 0.05) is 21.9 Å². The van der Waals surface area contributed by atoms with E-state index in [0.29, 0.717) is 22.8 Å². The molecular formula is C18H13BrFN3O. The molecule has 0 bridgehead atoms. The molecule has 0 spiro atoms.